The molecule has 5 nitrogen and oxygen atoms in total. The fourth-order valence-electron chi connectivity index (χ4n) is 2.70. The van der Waals surface area contributed by atoms with Gasteiger partial charge in [0.05, 0.1) is 0 Å². The standard InChI is InChI=1S/C15H32N4O.HI/c1-16-15(17-10-7-13-20-3)18-11-12-19(2)14-8-5-4-6-9-14;/h14H,4-13H2,1-3H3,(H2,16,17,18);1H. The first-order valence-corrected chi connectivity index (χ1v) is 7.91. The van der Waals surface area contributed by atoms with Crippen molar-refractivity contribution in [2.45, 2.75) is 44.6 Å². The highest BCUT2D eigenvalue weighted by molar-refractivity contribution is 14.0. The van der Waals surface area contributed by atoms with Crippen molar-refractivity contribution in [3.05, 3.63) is 0 Å². The molecule has 0 heterocycles. The Morgan fingerprint density at radius 1 is 1.19 bits per heavy atom. The first-order chi connectivity index (χ1) is 9.77. The maximum atomic E-state index is 5.03. The van der Waals surface area contributed by atoms with Gasteiger partial charge < -0.3 is 20.3 Å². The molecular weight excluding hydrogens is 379 g/mol. The van der Waals surface area contributed by atoms with Gasteiger partial charge >= 0.3 is 0 Å². The maximum absolute atomic E-state index is 5.03. The molecule has 6 heteroatoms. The van der Waals surface area contributed by atoms with Crippen molar-refractivity contribution in [3.8, 4) is 0 Å². The molecule has 1 aliphatic carbocycles. The highest BCUT2D eigenvalue weighted by Crippen LogP contribution is 2.21. The fraction of sp³-hybridized carbons (Fsp3) is 0.933. The van der Waals surface area contributed by atoms with E-state index < -0.39 is 0 Å². The number of likely N-dealkylation sites (N-methyl/N-ethyl adjacent to an activating group) is 1. The first-order valence-electron chi connectivity index (χ1n) is 7.91. The van der Waals surface area contributed by atoms with E-state index >= 15 is 0 Å². The monoisotopic (exact) mass is 412 g/mol. The molecule has 1 rings (SSSR count). The molecule has 0 aliphatic heterocycles. The Morgan fingerprint density at radius 3 is 2.48 bits per heavy atom. The molecule has 0 saturated heterocycles. The minimum Gasteiger partial charge on any atom is -0.385 e. The number of hydrogen-bond donors (Lipinski definition) is 2. The van der Waals surface area contributed by atoms with Gasteiger partial charge in [0, 0.05) is 46.4 Å². The van der Waals surface area contributed by atoms with Crippen molar-refractivity contribution in [1.82, 2.24) is 15.5 Å². The summed E-state index contributed by atoms with van der Waals surface area (Å²) in [6, 6.07) is 0.780. The van der Waals surface area contributed by atoms with Crippen LogP contribution in [0, 0.1) is 0 Å². The van der Waals surface area contributed by atoms with E-state index in [1.54, 1.807) is 7.11 Å². The average molecular weight is 412 g/mol. The Labute approximate surface area is 147 Å². The molecule has 0 spiro atoms. The Balaban J connectivity index is 0.00000400. The lowest BCUT2D eigenvalue weighted by atomic mass is 9.94. The number of ether oxygens (including phenoxy) is 1. The summed E-state index contributed by atoms with van der Waals surface area (Å²) in [6.07, 6.45) is 7.93. The fourth-order valence-corrected chi connectivity index (χ4v) is 2.70. The van der Waals surface area contributed by atoms with Crippen molar-refractivity contribution < 1.29 is 4.74 Å². The predicted octanol–water partition coefficient (Wildman–Crippen LogP) is 2.07. The molecule has 1 fully saturated rings. The van der Waals surface area contributed by atoms with Crippen LogP contribution in [0.4, 0.5) is 0 Å². The number of hydrogen-bond acceptors (Lipinski definition) is 3. The SMILES string of the molecule is CN=C(NCCCOC)NCCN(C)C1CCCCC1.I. The summed E-state index contributed by atoms with van der Waals surface area (Å²) < 4.78 is 5.03. The molecular formula is C15H33IN4O. The van der Waals surface area contributed by atoms with Gasteiger partial charge in [0.1, 0.15) is 0 Å². The summed E-state index contributed by atoms with van der Waals surface area (Å²) >= 11 is 0. The number of nitrogens with one attached hydrogen (secondary N) is 2. The normalized spacial score (nSPS) is 16.7. The summed E-state index contributed by atoms with van der Waals surface area (Å²) in [7, 11) is 5.79. The minimum absolute atomic E-state index is 0. The molecule has 1 saturated carbocycles. The molecule has 0 bridgehead atoms. The van der Waals surface area contributed by atoms with E-state index in [1.807, 2.05) is 7.05 Å². The molecule has 2 N–H and O–H groups in total. The molecule has 0 aromatic rings. The average Bonchev–Trinajstić information content (AvgIpc) is 2.50. The first kappa shape index (κ1) is 20.9. The van der Waals surface area contributed by atoms with Crippen LogP contribution < -0.4 is 10.6 Å². The van der Waals surface area contributed by atoms with Crippen LogP contribution in [0.1, 0.15) is 38.5 Å². The lowest BCUT2D eigenvalue weighted by Gasteiger charge is -2.31. The van der Waals surface area contributed by atoms with Crippen LogP contribution in [0.5, 0.6) is 0 Å². The topological polar surface area (TPSA) is 48.9 Å². The van der Waals surface area contributed by atoms with Crippen molar-refractivity contribution >= 4 is 29.9 Å². The number of aliphatic imine (C=N–C) groups is 1. The second-order valence-corrected chi connectivity index (χ2v) is 5.54. The molecule has 0 aromatic carbocycles. The zero-order valence-electron chi connectivity index (χ0n) is 13.9. The number of nitrogens with zero attached hydrogens (tertiary/aromatic N) is 2. The van der Waals surface area contributed by atoms with E-state index in [1.165, 1.54) is 32.1 Å². The van der Waals surface area contributed by atoms with Crippen molar-refractivity contribution in [1.29, 1.82) is 0 Å². The van der Waals surface area contributed by atoms with Gasteiger partial charge in [0.25, 0.3) is 0 Å². The van der Waals surface area contributed by atoms with Crippen molar-refractivity contribution in [3.63, 3.8) is 0 Å². The van der Waals surface area contributed by atoms with Gasteiger partial charge in [-0.1, -0.05) is 19.3 Å². The number of guanidine groups is 1. The molecule has 0 unspecified atom stereocenters. The number of rotatable bonds is 8. The Morgan fingerprint density at radius 2 is 1.86 bits per heavy atom. The summed E-state index contributed by atoms with van der Waals surface area (Å²) in [5.41, 5.74) is 0. The highest BCUT2D eigenvalue weighted by Gasteiger charge is 2.17. The molecule has 126 valence electrons. The second kappa shape index (κ2) is 13.6. The van der Waals surface area contributed by atoms with Gasteiger partial charge in [0.2, 0.25) is 0 Å². The summed E-state index contributed by atoms with van der Waals surface area (Å²) in [5, 5.41) is 6.67. The second-order valence-electron chi connectivity index (χ2n) is 5.54. The van der Waals surface area contributed by atoms with Crippen LogP contribution in [-0.4, -0.2) is 64.3 Å². The third kappa shape index (κ3) is 9.52. The van der Waals surface area contributed by atoms with E-state index in [0.717, 1.165) is 44.7 Å². The minimum atomic E-state index is 0. The largest absolute Gasteiger partial charge is 0.385 e. The number of halogens is 1. The summed E-state index contributed by atoms with van der Waals surface area (Å²) in [4.78, 5) is 6.72. The maximum Gasteiger partial charge on any atom is 0.191 e. The van der Waals surface area contributed by atoms with Crippen molar-refractivity contribution in [2.75, 3.05) is 47.4 Å². The van der Waals surface area contributed by atoms with Gasteiger partial charge in [0.15, 0.2) is 5.96 Å². The van der Waals surface area contributed by atoms with Crippen LogP contribution in [0.3, 0.4) is 0 Å². The third-order valence-electron chi connectivity index (χ3n) is 4.00. The molecule has 1 aliphatic rings. The lowest BCUT2D eigenvalue weighted by Crippen LogP contribution is -2.43. The third-order valence-corrected chi connectivity index (χ3v) is 4.00. The van der Waals surface area contributed by atoms with Crippen LogP contribution in [0.15, 0.2) is 4.99 Å². The highest BCUT2D eigenvalue weighted by atomic mass is 127. The van der Waals surface area contributed by atoms with Crippen molar-refractivity contribution in [2.24, 2.45) is 4.99 Å². The van der Waals surface area contributed by atoms with Crippen LogP contribution >= 0.6 is 24.0 Å². The van der Waals surface area contributed by atoms with E-state index in [4.69, 9.17) is 4.74 Å². The van der Waals surface area contributed by atoms with Crippen LogP contribution in [0.2, 0.25) is 0 Å². The van der Waals surface area contributed by atoms with Crippen LogP contribution in [0.25, 0.3) is 0 Å². The van der Waals surface area contributed by atoms with Gasteiger partial charge in [-0.15, -0.1) is 24.0 Å². The smallest absolute Gasteiger partial charge is 0.191 e. The van der Waals surface area contributed by atoms with E-state index in [-0.39, 0.29) is 24.0 Å². The molecule has 0 amide bonds. The van der Waals surface area contributed by atoms with Gasteiger partial charge in [-0.05, 0) is 26.3 Å². The Hall–Kier alpha value is -0.0800. The van der Waals surface area contributed by atoms with Gasteiger partial charge in [-0.2, -0.15) is 0 Å². The number of methoxy groups -OCH3 is 1. The summed E-state index contributed by atoms with van der Waals surface area (Å²) in [5.74, 6) is 0.887. The Kier molecular flexibility index (Phi) is 13.5. The molecule has 0 atom stereocenters. The molecule has 21 heavy (non-hydrogen) atoms. The zero-order chi connectivity index (χ0) is 14.6. The Bertz CT molecular complexity index is 270. The predicted molar refractivity (Wildman–Crippen MR) is 101 cm³/mol. The lowest BCUT2D eigenvalue weighted by molar-refractivity contribution is 0.194. The van der Waals surface area contributed by atoms with Crippen LogP contribution in [-0.2, 0) is 4.74 Å². The van der Waals surface area contributed by atoms with E-state index in [9.17, 15) is 0 Å². The van der Waals surface area contributed by atoms with E-state index in [0.29, 0.717) is 0 Å². The van der Waals surface area contributed by atoms with E-state index in [2.05, 4.69) is 27.6 Å². The summed E-state index contributed by atoms with van der Waals surface area (Å²) in [6.45, 7) is 3.70. The molecule has 0 radical (unpaired) electrons. The zero-order valence-corrected chi connectivity index (χ0v) is 16.2. The van der Waals surface area contributed by atoms with Gasteiger partial charge in [-0.3, -0.25) is 4.99 Å². The molecule has 0 aromatic heterocycles. The van der Waals surface area contributed by atoms with Gasteiger partial charge in [-0.25, -0.2) is 0 Å². The quantitative estimate of drug-likeness (QED) is 0.277.